The molecule has 0 aliphatic rings. The molecule has 0 aliphatic heterocycles. The number of benzene rings is 2. The summed E-state index contributed by atoms with van der Waals surface area (Å²) in [6, 6.07) is 14.4. The van der Waals surface area contributed by atoms with Crippen LogP contribution in [0, 0.1) is 0 Å². The minimum Gasteiger partial charge on any atom is -0.491 e. The molecule has 0 spiro atoms. The van der Waals surface area contributed by atoms with Gasteiger partial charge in [-0.25, -0.2) is 4.79 Å². The van der Waals surface area contributed by atoms with E-state index in [0.717, 1.165) is 12.3 Å². The largest absolute Gasteiger partial charge is 0.491 e. The molecule has 1 N–H and O–H groups in total. The number of esters is 1. The number of nitrogens with one attached hydrogen (secondary N) is 1. The molecule has 2 heterocycles. The summed E-state index contributed by atoms with van der Waals surface area (Å²) in [7, 11) is 0. The Labute approximate surface area is 217 Å². The van der Waals surface area contributed by atoms with Crippen molar-refractivity contribution in [2.45, 2.75) is 40.0 Å². The maximum absolute atomic E-state index is 13.2. The van der Waals surface area contributed by atoms with Gasteiger partial charge in [-0.3, -0.25) is 9.78 Å². The first-order chi connectivity index (χ1) is 18.0. The van der Waals surface area contributed by atoms with E-state index in [0.29, 0.717) is 33.6 Å². The van der Waals surface area contributed by atoms with E-state index in [-0.39, 0.29) is 24.1 Å². The second-order valence-electron chi connectivity index (χ2n) is 8.78. The van der Waals surface area contributed by atoms with Crippen molar-refractivity contribution in [1.29, 1.82) is 0 Å². The molecule has 38 heavy (non-hydrogen) atoms. The van der Waals surface area contributed by atoms with Gasteiger partial charge in [0.1, 0.15) is 5.75 Å². The van der Waals surface area contributed by atoms with E-state index in [1.807, 2.05) is 13.8 Å². The van der Waals surface area contributed by atoms with Crippen LogP contribution in [0.4, 0.5) is 18.9 Å². The molecule has 2 aromatic heterocycles. The fraction of sp³-hybridized carbons (Fsp3) is 0.250. The van der Waals surface area contributed by atoms with Crippen molar-refractivity contribution in [3.8, 4) is 22.7 Å². The average molecular weight is 526 g/mol. The number of pyridine rings is 1. The van der Waals surface area contributed by atoms with Gasteiger partial charge in [-0.15, -0.1) is 0 Å². The number of fused-ring (bicyclic) bond motifs is 1. The van der Waals surface area contributed by atoms with Crippen LogP contribution in [0.5, 0.6) is 5.75 Å². The third-order valence-electron chi connectivity index (χ3n) is 5.59. The monoisotopic (exact) mass is 525 g/mol. The highest BCUT2D eigenvalue weighted by Crippen LogP contribution is 2.38. The van der Waals surface area contributed by atoms with Gasteiger partial charge in [-0.1, -0.05) is 6.07 Å². The maximum atomic E-state index is 13.2. The van der Waals surface area contributed by atoms with Gasteiger partial charge in [0.2, 0.25) is 5.91 Å². The predicted molar refractivity (Wildman–Crippen MR) is 138 cm³/mol. The Morgan fingerprint density at radius 1 is 1.05 bits per heavy atom. The molecule has 0 unspecified atom stereocenters. The standard InChI is InChI=1S/C28H26F3N3O4/c1-5-37-27(36)26-25(33-17(4)35)22-14-18(23-12-7-19(15-32-23)28(29,30)31)6-13-24(22)34(26)20-8-10-21(11-9-20)38-16(2)3/h6-16H,5H2,1-4H3,(H,33,35). The third kappa shape index (κ3) is 5.49. The van der Waals surface area contributed by atoms with E-state index < -0.39 is 23.6 Å². The van der Waals surface area contributed by atoms with Gasteiger partial charge in [0.05, 0.1) is 35.2 Å². The minimum absolute atomic E-state index is 0.0213. The second kappa shape index (κ2) is 10.6. The lowest BCUT2D eigenvalue weighted by Crippen LogP contribution is -2.15. The third-order valence-corrected chi connectivity index (χ3v) is 5.59. The Hall–Kier alpha value is -4.34. The molecule has 0 saturated carbocycles. The number of carbonyl (C=O) groups excluding carboxylic acids is 2. The molecule has 7 nitrogen and oxygen atoms in total. The van der Waals surface area contributed by atoms with Crippen LogP contribution in [0.15, 0.2) is 60.8 Å². The molecule has 2 aromatic carbocycles. The van der Waals surface area contributed by atoms with E-state index in [1.165, 1.54) is 13.0 Å². The van der Waals surface area contributed by atoms with Gasteiger partial charge < -0.3 is 19.4 Å². The number of anilines is 1. The lowest BCUT2D eigenvalue weighted by atomic mass is 10.1. The Bertz CT molecular complexity index is 1470. The molecule has 0 radical (unpaired) electrons. The highest BCUT2D eigenvalue weighted by atomic mass is 19.4. The Morgan fingerprint density at radius 3 is 2.32 bits per heavy atom. The second-order valence-corrected chi connectivity index (χ2v) is 8.78. The van der Waals surface area contributed by atoms with Crippen LogP contribution in [0.25, 0.3) is 27.8 Å². The van der Waals surface area contributed by atoms with Crippen LogP contribution in [-0.2, 0) is 15.7 Å². The van der Waals surface area contributed by atoms with Crippen LogP contribution in [-0.4, -0.2) is 34.1 Å². The number of alkyl halides is 3. The molecular formula is C28H26F3N3O4. The maximum Gasteiger partial charge on any atom is 0.417 e. The summed E-state index contributed by atoms with van der Waals surface area (Å²) >= 11 is 0. The number of amides is 1. The lowest BCUT2D eigenvalue weighted by molar-refractivity contribution is -0.137. The fourth-order valence-electron chi connectivity index (χ4n) is 4.09. The first kappa shape index (κ1) is 26.7. The number of rotatable bonds is 7. The zero-order chi connectivity index (χ0) is 27.6. The number of hydrogen-bond donors (Lipinski definition) is 1. The fourth-order valence-corrected chi connectivity index (χ4v) is 4.09. The van der Waals surface area contributed by atoms with Crippen molar-refractivity contribution in [1.82, 2.24) is 9.55 Å². The zero-order valence-corrected chi connectivity index (χ0v) is 21.2. The molecule has 4 aromatic rings. The van der Waals surface area contributed by atoms with Gasteiger partial charge in [0.15, 0.2) is 5.69 Å². The number of nitrogens with zero attached hydrogens (tertiary/aromatic N) is 2. The van der Waals surface area contributed by atoms with Crippen LogP contribution >= 0.6 is 0 Å². The van der Waals surface area contributed by atoms with E-state index in [1.54, 1.807) is 54.0 Å². The normalized spacial score (nSPS) is 11.6. The molecule has 4 rings (SSSR count). The number of hydrogen-bond acceptors (Lipinski definition) is 5. The van der Waals surface area contributed by atoms with Gasteiger partial charge in [0.25, 0.3) is 0 Å². The number of aromatic nitrogens is 2. The minimum atomic E-state index is -4.50. The summed E-state index contributed by atoms with van der Waals surface area (Å²) in [4.78, 5) is 29.3. The highest BCUT2D eigenvalue weighted by molar-refractivity contribution is 6.12. The number of carbonyl (C=O) groups is 2. The highest BCUT2D eigenvalue weighted by Gasteiger charge is 2.31. The van der Waals surface area contributed by atoms with Crippen molar-refractivity contribution < 1.29 is 32.2 Å². The van der Waals surface area contributed by atoms with Crippen molar-refractivity contribution >= 4 is 28.5 Å². The summed E-state index contributed by atoms with van der Waals surface area (Å²) in [5.74, 6) is -0.409. The van der Waals surface area contributed by atoms with Gasteiger partial charge in [0, 0.05) is 29.8 Å². The van der Waals surface area contributed by atoms with Crippen LogP contribution < -0.4 is 10.1 Å². The zero-order valence-electron chi connectivity index (χ0n) is 21.2. The summed E-state index contributed by atoms with van der Waals surface area (Å²) < 4.78 is 51.7. The van der Waals surface area contributed by atoms with Crippen LogP contribution in [0.1, 0.15) is 43.7 Å². The van der Waals surface area contributed by atoms with Gasteiger partial charge >= 0.3 is 12.1 Å². The van der Waals surface area contributed by atoms with E-state index in [9.17, 15) is 22.8 Å². The number of ether oxygens (including phenoxy) is 2. The Kier molecular flexibility index (Phi) is 7.43. The molecule has 0 bridgehead atoms. The molecule has 0 atom stereocenters. The smallest absolute Gasteiger partial charge is 0.417 e. The molecular weight excluding hydrogens is 499 g/mol. The predicted octanol–water partition coefficient (Wildman–Crippen LogP) is 6.63. The van der Waals surface area contributed by atoms with Crippen LogP contribution in [0.2, 0.25) is 0 Å². The molecule has 0 saturated heterocycles. The average Bonchev–Trinajstić information content (AvgIpc) is 3.17. The first-order valence-corrected chi connectivity index (χ1v) is 11.9. The lowest BCUT2D eigenvalue weighted by Gasteiger charge is -2.14. The van der Waals surface area contributed by atoms with Crippen LogP contribution in [0.3, 0.4) is 0 Å². The van der Waals surface area contributed by atoms with Crippen molar-refractivity contribution in [3.63, 3.8) is 0 Å². The molecule has 0 fully saturated rings. The SMILES string of the molecule is CCOC(=O)c1c(NC(C)=O)c2cc(-c3ccc(C(F)(F)F)cn3)ccc2n1-c1ccc(OC(C)C)cc1. The molecule has 1 amide bonds. The summed E-state index contributed by atoms with van der Waals surface area (Å²) in [6.45, 7) is 6.93. The first-order valence-electron chi connectivity index (χ1n) is 11.9. The van der Waals surface area contributed by atoms with Gasteiger partial charge in [-0.2, -0.15) is 13.2 Å². The van der Waals surface area contributed by atoms with Gasteiger partial charge in [-0.05, 0) is 69.3 Å². The Morgan fingerprint density at radius 2 is 1.76 bits per heavy atom. The van der Waals surface area contributed by atoms with Crippen molar-refractivity contribution in [3.05, 3.63) is 72.1 Å². The molecule has 198 valence electrons. The molecule has 0 aliphatic carbocycles. The van der Waals surface area contributed by atoms with E-state index >= 15 is 0 Å². The van der Waals surface area contributed by atoms with E-state index in [4.69, 9.17) is 9.47 Å². The summed E-state index contributed by atoms with van der Waals surface area (Å²) in [6.07, 6.45) is -3.76. The number of halogens is 3. The van der Waals surface area contributed by atoms with Crippen molar-refractivity contribution in [2.24, 2.45) is 0 Å². The molecule has 10 heteroatoms. The summed E-state index contributed by atoms with van der Waals surface area (Å²) in [5.41, 5.74) is 1.47. The van der Waals surface area contributed by atoms with E-state index in [2.05, 4.69) is 10.3 Å². The van der Waals surface area contributed by atoms with Crippen molar-refractivity contribution in [2.75, 3.05) is 11.9 Å². The summed E-state index contributed by atoms with van der Waals surface area (Å²) in [5, 5.41) is 3.23. The Balaban J connectivity index is 1.93. The topological polar surface area (TPSA) is 82.5 Å². The quantitative estimate of drug-likeness (QED) is 0.274.